The summed E-state index contributed by atoms with van der Waals surface area (Å²) >= 11 is 0. The number of carbonyl (C=O) groups is 3. The number of ether oxygens (including phenoxy) is 2. The van der Waals surface area contributed by atoms with Crippen LogP contribution in [0.3, 0.4) is 0 Å². The molecule has 7 heteroatoms. The predicted octanol–water partition coefficient (Wildman–Crippen LogP) is 3.30. The quantitative estimate of drug-likeness (QED) is 0.768. The maximum atomic E-state index is 13.2. The van der Waals surface area contributed by atoms with Crippen LogP contribution < -0.4 is 15.0 Å². The predicted molar refractivity (Wildman–Crippen MR) is 111 cm³/mol. The van der Waals surface area contributed by atoms with Gasteiger partial charge in [-0.25, -0.2) is 4.79 Å². The van der Waals surface area contributed by atoms with Gasteiger partial charge in [-0.1, -0.05) is 43.2 Å². The molecule has 1 saturated carbocycles. The molecule has 1 aliphatic carbocycles. The van der Waals surface area contributed by atoms with Crippen molar-refractivity contribution in [1.82, 2.24) is 0 Å². The van der Waals surface area contributed by atoms with Crippen molar-refractivity contribution in [3.05, 3.63) is 54.6 Å². The summed E-state index contributed by atoms with van der Waals surface area (Å²) in [5, 5.41) is 2.93. The van der Waals surface area contributed by atoms with Crippen LogP contribution in [0.5, 0.6) is 5.75 Å². The van der Waals surface area contributed by atoms with Crippen molar-refractivity contribution >= 4 is 29.2 Å². The molecule has 156 valence electrons. The molecule has 4 rings (SSSR count). The molecule has 2 aromatic carbocycles. The number of amides is 2. The summed E-state index contributed by atoms with van der Waals surface area (Å²) in [6.07, 6.45) is 2.03. The van der Waals surface area contributed by atoms with Gasteiger partial charge in [0.15, 0.2) is 12.7 Å². The van der Waals surface area contributed by atoms with Gasteiger partial charge in [0.2, 0.25) is 0 Å². The third-order valence-electron chi connectivity index (χ3n) is 5.65. The fraction of sp³-hybridized carbons (Fsp3) is 0.348. The molecular weight excluding hydrogens is 384 g/mol. The Balaban J connectivity index is 1.48. The standard InChI is InChI=1S/C23H24N2O5/c1-16(30-17-9-3-2-4-10-17)21(27)29-15-20(26)25-19-12-6-5-11-18(19)24-22(28)23(25)13-7-8-14-23/h2-6,9-12,16H,7-8,13-15H2,1H3,(H,24,28). The van der Waals surface area contributed by atoms with Gasteiger partial charge in [0.05, 0.1) is 11.4 Å². The molecule has 0 aromatic heterocycles. The van der Waals surface area contributed by atoms with Crippen molar-refractivity contribution in [2.45, 2.75) is 44.2 Å². The van der Waals surface area contributed by atoms with Gasteiger partial charge in [-0.3, -0.25) is 14.5 Å². The number of nitrogens with one attached hydrogen (secondary N) is 1. The summed E-state index contributed by atoms with van der Waals surface area (Å²) in [4.78, 5) is 40.0. The Labute approximate surface area is 175 Å². The lowest BCUT2D eigenvalue weighted by Gasteiger charge is -2.44. The molecule has 1 heterocycles. The Morgan fingerprint density at radius 3 is 2.47 bits per heavy atom. The molecule has 7 nitrogen and oxygen atoms in total. The largest absolute Gasteiger partial charge is 0.479 e. The van der Waals surface area contributed by atoms with Crippen LogP contribution in [0.15, 0.2) is 54.6 Å². The average molecular weight is 408 g/mol. The number of anilines is 2. The van der Waals surface area contributed by atoms with Crippen LogP contribution in [0.1, 0.15) is 32.6 Å². The van der Waals surface area contributed by atoms with Gasteiger partial charge in [-0.2, -0.15) is 0 Å². The maximum absolute atomic E-state index is 13.2. The Morgan fingerprint density at radius 1 is 1.07 bits per heavy atom. The van der Waals surface area contributed by atoms with Crippen LogP contribution in [-0.2, 0) is 19.1 Å². The maximum Gasteiger partial charge on any atom is 0.347 e. The minimum Gasteiger partial charge on any atom is -0.479 e. The topological polar surface area (TPSA) is 84.9 Å². The number of rotatable bonds is 5. The molecule has 1 atom stereocenters. The number of fused-ring (bicyclic) bond motifs is 1. The van der Waals surface area contributed by atoms with Gasteiger partial charge in [0.25, 0.3) is 11.8 Å². The van der Waals surface area contributed by atoms with Crippen molar-refractivity contribution in [3.8, 4) is 5.75 Å². The van der Waals surface area contributed by atoms with Crippen LogP contribution in [0.2, 0.25) is 0 Å². The van der Waals surface area contributed by atoms with Gasteiger partial charge in [-0.05, 0) is 44.0 Å². The summed E-state index contributed by atoms with van der Waals surface area (Å²) in [7, 11) is 0. The van der Waals surface area contributed by atoms with E-state index in [1.807, 2.05) is 12.1 Å². The highest BCUT2D eigenvalue weighted by Gasteiger charge is 2.52. The zero-order valence-electron chi connectivity index (χ0n) is 16.8. The third-order valence-corrected chi connectivity index (χ3v) is 5.65. The molecule has 2 aromatic rings. The van der Waals surface area contributed by atoms with Crippen molar-refractivity contribution in [1.29, 1.82) is 0 Å². The lowest BCUT2D eigenvalue weighted by Crippen LogP contribution is -2.61. The second-order valence-corrected chi connectivity index (χ2v) is 7.62. The summed E-state index contributed by atoms with van der Waals surface area (Å²) in [6, 6.07) is 16.1. The number of benzene rings is 2. The Morgan fingerprint density at radius 2 is 1.73 bits per heavy atom. The van der Waals surface area contributed by atoms with E-state index in [-0.39, 0.29) is 5.91 Å². The van der Waals surface area contributed by atoms with E-state index in [4.69, 9.17) is 9.47 Å². The number of hydrogen-bond donors (Lipinski definition) is 1. The number of para-hydroxylation sites is 3. The van der Waals surface area contributed by atoms with Crippen molar-refractivity contribution in [3.63, 3.8) is 0 Å². The van der Waals surface area contributed by atoms with Crippen LogP contribution in [0.25, 0.3) is 0 Å². The molecule has 2 aliphatic rings. The number of carbonyl (C=O) groups excluding carboxylic acids is 3. The van der Waals surface area contributed by atoms with E-state index in [1.165, 1.54) is 4.90 Å². The van der Waals surface area contributed by atoms with Gasteiger partial charge in [-0.15, -0.1) is 0 Å². The molecule has 0 bridgehead atoms. The number of hydrogen-bond acceptors (Lipinski definition) is 5. The summed E-state index contributed by atoms with van der Waals surface area (Å²) in [6.45, 7) is 1.12. The van der Waals surface area contributed by atoms with E-state index in [0.29, 0.717) is 30.0 Å². The molecule has 30 heavy (non-hydrogen) atoms. The minimum atomic E-state index is -0.927. The lowest BCUT2D eigenvalue weighted by molar-refractivity contribution is -0.154. The van der Waals surface area contributed by atoms with Crippen LogP contribution in [-0.4, -0.2) is 36.0 Å². The van der Waals surface area contributed by atoms with Crippen LogP contribution in [0, 0.1) is 0 Å². The first-order valence-corrected chi connectivity index (χ1v) is 10.1. The molecule has 2 amide bonds. The van der Waals surface area contributed by atoms with Gasteiger partial charge >= 0.3 is 5.97 Å². The molecule has 1 fully saturated rings. The first kappa shape index (κ1) is 19.9. The normalized spacial score (nSPS) is 17.8. The van der Waals surface area contributed by atoms with E-state index < -0.39 is 30.1 Å². The molecular formula is C23H24N2O5. The second kappa shape index (κ2) is 8.18. The first-order valence-electron chi connectivity index (χ1n) is 10.1. The zero-order chi connectivity index (χ0) is 21.1. The number of nitrogens with zero attached hydrogens (tertiary/aromatic N) is 1. The molecule has 1 spiro atoms. The van der Waals surface area contributed by atoms with E-state index in [9.17, 15) is 14.4 Å². The monoisotopic (exact) mass is 408 g/mol. The molecule has 1 unspecified atom stereocenters. The highest BCUT2D eigenvalue weighted by Crippen LogP contribution is 2.45. The SMILES string of the molecule is CC(Oc1ccccc1)C(=O)OCC(=O)N1c2ccccc2NC(=O)C12CCCC2. The van der Waals surface area contributed by atoms with Crippen molar-refractivity contribution < 1.29 is 23.9 Å². The summed E-state index contributed by atoms with van der Waals surface area (Å²) in [5.41, 5.74) is 0.290. The van der Waals surface area contributed by atoms with Crippen molar-refractivity contribution in [2.75, 3.05) is 16.8 Å². The molecule has 1 aliphatic heterocycles. The minimum absolute atomic E-state index is 0.181. The Hall–Kier alpha value is -3.35. The fourth-order valence-corrected chi connectivity index (χ4v) is 4.19. The van der Waals surface area contributed by atoms with E-state index >= 15 is 0 Å². The Kier molecular flexibility index (Phi) is 5.44. The lowest BCUT2D eigenvalue weighted by atomic mass is 9.90. The second-order valence-electron chi connectivity index (χ2n) is 7.62. The van der Waals surface area contributed by atoms with E-state index in [1.54, 1.807) is 49.4 Å². The van der Waals surface area contributed by atoms with Crippen LogP contribution in [0.4, 0.5) is 11.4 Å². The van der Waals surface area contributed by atoms with Gasteiger partial charge in [0, 0.05) is 0 Å². The smallest absolute Gasteiger partial charge is 0.347 e. The van der Waals surface area contributed by atoms with E-state index in [2.05, 4.69) is 5.32 Å². The van der Waals surface area contributed by atoms with E-state index in [0.717, 1.165) is 12.8 Å². The highest BCUT2D eigenvalue weighted by molar-refractivity contribution is 6.15. The summed E-state index contributed by atoms with van der Waals surface area (Å²) in [5.74, 6) is -0.694. The third kappa shape index (κ3) is 3.63. The Bertz CT molecular complexity index is 953. The number of esters is 1. The van der Waals surface area contributed by atoms with Crippen LogP contribution >= 0.6 is 0 Å². The van der Waals surface area contributed by atoms with Gasteiger partial charge < -0.3 is 14.8 Å². The molecule has 0 radical (unpaired) electrons. The fourth-order valence-electron chi connectivity index (χ4n) is 4.19. The molecule has 0 saturated heterocycles. The highest BCUT2D eigenvalue weighted by atomic mass is 16.6. The average Bonchev–Trinajstić information content (AvgIpc) is 3.24. The summed E-state index contributed by atoms with van der Waals surface area (Å²) < 4.78 is 10.8. The molecule has 1 N–H and O–H groups in total. The zero-order valence-corrected chi connectivity index (χ0v) is 16.8. The van der Waals surface area contributed by atoms with Crippen molar-refractivity contribution in [2.24, 2.45) is 0 Å². The van der Waals surface area contributed by atoms with Gasteiger partial charge in [0.1, 0.15) is 11.3 Å². The first-order chi connectivity index (χ1) is 14.5.